The number of rotatable bonds is 5. The van der Waals surface area contributed by atoms with Gasteiger partial charge in [0.1, 0.15) is 0 Å². The number of carboxylic acid groups (broad SMARTS) is 1. The van der Waals surface area contributed by atoms with Gasteiger partial charge < -0.3 is 9.84 Å². The van der Waals surface area contributed by atoms with Gasteiger partial charge in [0.2, 0.25) is 0 Å². The minimum absolute atomic E-state index is 0.141. The molecule has 4 heteroatoms. The molecule has 1 heterocycles. The van der Waals surface area contributed by atoms with Crippen molar-refractivity contribution in [3.05, 3.63) is 0 Å². The van der Waals surface area contributed by atoms with E-state index in [1.807, 2.05) is 6.92 Å². The molecule has 82 valence electrons. The molecule has 1 fully saturated rings. The molecule has 1 saturated heterocycles. The number of carboxylic acids is 1. The van der Waals surface area contributed by atoms with Crippen LogP contribution in [0.4, 0.5) is 0 Å². The predicted molar refractivity (Wildman–Crippen MR) is 57.7 cm³/mol. The third-order valence-electron chi connectivity index (χ3n) is 3.02. The van der Waals surface area contributed by atoms with Crippen molar-refractivity contribution in [1.29, 1.82) is 0 Å². The first-order valence-corrected chi connectivity index (χ1v) is 6.21. The molecule has 1 aliphatic rings. The predicted octanol–water partition coefficient (Wildman–Crippen LogP) is 2.01. The molecule has 0 aromatic carbocycles. The Labute approximate surface area is 89.2 Å². The molecule has 0 aromatic rings. The van der Waals surface area contributed by atoms with E-state index in [1.54, 1.807) is 11.8 Å². The third-order valence-corrected chi connectivity index (χ3v) is 3.92. The number of ether oxygens (including phenoxy) is 1. The zero-order chi connectivity index (χ0) is 10.6. The first kappa shape index (κ1) is 11.9. The lowest BCUT2D eigenvalue weighted by molar-refractivity contribution is -0.152. The Morgan fingerprint density at radius 1 is 1.71 bits per heavy atom. The zero-order valence-corrected chi connectivity index (χ0v) is 9.60. The Bertz CT molecular complexity index is 208. The first-order valence-electron chi connectivity index (χ1n) is 5.06. The Morgan fingerprint density at radius 2 is 2.43 bits per heavy atom. The number of aliphatic carboxylic acids is 1. The highest BCUT2D eigenvalue weighted by molar-refractivity contribution is 7.99. The number of hydrogen-bond donors (Lipinski definition) is 1. The fraction of sp³-hybridized carbons (Fsp3) is 0.900. The van der Waals surface area contributed by atoms with Gasteiger partial charge in [0.15, 0.2) is 0 Å². The molecule has 14 heavy (non-hydrogen) atoms. The summed E-state index contributed by atoms with van der Waals surface area (Å²) in [7, 11) is 0. The number of thioether (sulfide) groups is 1. The van der Waals surface area contributed by atoms with Gasteiger partial charge in [-0.15, -0.1) is 0 Å². The van der Waals surface area contributed by atoms with E-state index in [0.717, 1.165) is 17.9 Å². The fourth-order valence-electron chi connectivity index (χ4n) is 1.90. The lowest BCUT2D eigenvalue weighted by Crippen LogP contribution is -2.37. The first-order chi connectivity index (χ1) is 6.63. The SMILES string of the molecule is CCSCCC1(C(=O)O)CCOC1C. The molecule has 1 N–H and O–H groups in total. The van der Waals surface area contributed by atoms with E-state index in [0.29, 0.717) is 13.0 Å². The Hall–Kier alpha value is -0.220. The highest BCUT2D eigenvalue weighted by atomic mass is 32.2. The average molecular weight is 218 g/mol. The summed E-state index contributed by atoms with van der Waals surface area (Å²) >= 11 is 1.79. The minimum atomic E-state index is -0.695. The van der Waals surface area contributed by atoms with Crippen LogP contribution in [0.2, 0.25) is 0 Å². The lowest BCUT2D eigenvalue weighted by atomic mass is 9.79. The molecule has 3 nitrogen and oxygen atoms in total. The van der Waals surface area contributed by atoms with Crippen molar-refractivity contribution in [1.82, 2.24) is 0 Å². The van der Waals surface area contributed by atoms with Crippen LogP contribution < -0.4 is 0 Å². The average Bonchev–Trinajstić information content (AvgIpc) is 2.49. The molecule has 0 spiro atoms. The molecule has 2 unspecified atom stereocenters. The van der Waals surface area contributed by atoms with Gasteiger partial charge in [-0.05, 0) is 31.3 Å². The molecular formula is C10H18O3S. The smallest absolute Gasteiger partial charge is 0.312 e. The van der Waals surface area contributed by atoms with E-state index in [4.69, 9.17) is 4.74 Å². The summed E-state index contributed by atoms with van der Waals surface area (Å²) in [6.45, 7) is 4.55. The monoisotopic (exact) mass is 218 g/mol. The van der Waals surface area contributed by atoms with Crippen LogP contribution in [0.5, 0.6) is 0 Å². The quantitative estimate of drug-likeness (QED) is 0.717. The van der Waals surface area contributed by atoms with Gasteiger partial charge in [0.25, 0.3) is 0 Å². The molecule has 0 radical (unpaired) electrons. The second-order valence-corrected chi connectivity index (χ2v) is 5.07. The van der Waals surface area contributed by atoms with Gasteiger partial charge in [-0.25, -0.2) is 0 Å². The molecule has 0 bridgehead atoms. The van der Waals surface area contributed by atoms with Crippen LogP contribution in [-0.4, -0.2) is 35.3 Å². The molecule has 1 aliphatic heterocycles. The fourth-order valence-corrected chi connectivity index (χ4v) is 2.69. The second-order valence-electron chi connectivity index (χ2n) is 3.67. The van der Waals surface area contributed by atoms with Gasteiger partial charge in [-0.2, -0.15) is 11.8 Å². The van der Waals surface area contributed by atoms with E-state index in [1.165, 1.54) is 0 Å². The van der Waals surface area contributed by atoms with Crippen molar-refractivity contribution in [2.75, 3.05) is 18.1 Å². The summed E-state index contributed by atoms with van der Waals surface area (Å²) < 4.78 is 5.37. The highest BCUT2D eigenvalue weighted by Crippen LogP contribution is 2.39. The van der Waals surface area contributed by atoms with Gasteiger partial charge in [-0.3, -0.25) is 4.79 Å². The maximum absolute atomic E-state index is 11.2. The van der Waals surface area contributed by atoms with Crippen molar-refractivity contribution >= 4 is 17.7 Å². The van der Waals surface area contributed by atoms with Crippen molar-refractivity contribution in [3.8, 4) is 0 Å². The standard InChI is InChI=1S/C10H18O3S/c1-3-14-7-5-10(9(11)12)4-6-13-8(10)2/h8H,3-7H2,1-2H3,(H,11,12). The van der Waals surface area contributed by atoms with Crippen LogP contribution in [0.25, 0.3) is 0 Å². The van der Waals surface area contributed by atoms with Gasteiger partial charge in [0.05, 0.1) is 11.5 Å². The highest BCUT2D eigenvalue weighted by Gasteiger charge is 2.47. The van der Waals surface area contributed by atoms with Gasteiger partial charge >= 0.3 is 5.97 Å². The number of hydrogen-bond acceptors (Lipinski definition) is 3. The summed E-state index contributed by atoms with van der Waals surface area (Å²) in [6, 6.07) is 0. The van der Waals surface area contributed by atoms with Crippen molar-refractivity contribution < 1.29 is 14.6 Å². The Morgan fingerprint density at radius 3 is 2.86 bits per heavy atom. The van der Waals surface area contributed by atoms with E-state index in [9.17, 15) is 9.90 Å². The topological polar surface area (TPSA) is 46.5 Å². The van der Waals surface area contributed by atoms with Crippen LogP contribution in [0, 0.1) is 5.41 Å². The molecule has 0 aliphatic carbocycles. The molecule has 2 atom stereocenters. The third kappa shape index (κ3) is 2.23. The molecular weight excluding hydrogens is 200 g/mol. The molecule has 1 rings (SSSR count). The summed E-state index contributed by atoms with van der Waals surface area (Å²) in [5, 5.41) is 9.24. The van der Waals surface area contributed by atoms with Crippen molar-refractivity contribution in [2.24, 2.45) is 5.41 Å². The van der Waals surface area contributed by atoms with E-state index in [2.05, 4.69) is 6.92 Å². The largest absolute Gasteiger partial charge is 0.481 e. The van der Waals surface area contributed by atoms with Crippen LogP contribution in [-0.2, 0) is 9.53 Å². The zero-order valence-electron chi connectivity index (χ0n) is 8.78. The molecule has 0 saturated carbocycles. The van der Waals surface area contributed by atoms with Crippen molar-refractivity contribution in [2.45, 2.75) is 32.8 Å². The molecule has 0 amide bonds. The van der Waals surface area contributed by atoms with Crippen molar-refractivity contribution in [3.63, 3.8) is 0 Å². The lowest BCUT2D eigenvalue weighted by Gasteiger charge is -2.27. The summed E-state index contributed by atoms with van der Waals surface area (Å²) in [5.41, 5.74) is -0.623. The maximum Gasteiger partial charge on any atom is 0.312 e. The Balaban J connectivity index is 2.58. The molecule has 0 aromatic heterocycles. The Kier molecular flexibility index (Phi) is 4.26. The van der Waals surface area contributed by atoms with Crippen LogP contribution in [0.3, 0.4) is 0 Å². The van der Waals surface area contributed by atoms with Crippen LogP contribution >= 0.6 is 11.8 Å². The van der Waals surface area contributed by atoms with Crippen LogP contribution in [0.15, 0.2) is 0 Å². The van der Waals surface area contributed by atoms with Gasteiger partial charge in [-0.1, -0.05) is 6.92 Å². The van der Waals surface area contributed by atoms with E-state index < -0.39 is 11.4 Å². The summed E-state index contributed by atoms with van der Waals surface area (Å²) in [5.74, 6) is 1.26. The second kappa shape index (κ2) is 5.03. The summed E-state index contributed by atoms with van der Waals surface area (Å²) in [4.78, 5) is 11.2. The minimum Gasteiger partial charge on any atom is -0.481 e. The normalized spacial score (nSPS) is 32.0. The van der Waals surface area contributed by atoms with Crippen LogP contribution in [0.1, 0.15) is 26.7 Å². The number of carbonyl (C=O) groups is 1. The van der Waals surface area contributed by atoms with E-state index >= 15 is 0 Å². The summed E-state index contributed by atoms with van der Waals surface area (Å²) in [6.07, 6.45) is 1.24. The van der Waals surface area contributed by atoms with Gasteiger partial charge in [0, 0.05) is 6.61 Å². The van der Waals surface area contributed by atoms with E-state index in [-0.39, 0.29) is 6.10 Å². The maximum atomic E-state index is 11.2.